The molecule has 0 spiro atoms. The fourth-order valence-corrected chi connectivity index (χ4v) is 6.36. The molecule has 4 N–H and O–H groups in total. The molecule has 3 atom stereocenters. The van der Waals surface area contributed by atoms with Crippen molar-refractivity contribution in [3.63, 3.8) is 0 Å². The Labute approximate surface area is 315 Å². The van der Waals surface area contributed by atoms with Crippen molar-refractivity contribution in [3.05, 3.63) is 114 Å². The smallest absolute Gasteiger partial charge is 0.248 e. The summed E-state index contributed by atoms with van der Waals surface area (Å²) in [7, 11) is 4.45. The minimum atomic E-state index is -1.17. The molecule has 0 radical (unpaired) electrons. The van der Waals surface area contributed by atoms with Gasteiger partial charge in [0.15, 0.2) is 11.5 Å². The molecule has 4 aromatic rings. The number of benzene rings is 4. The second kappa shape index (κ2) is 17.2. The summed E-state index contributed by atoms with van der Waals surface area (Å²) in [6, 6.07) is 27.0. The first-order valence-electron chi connectivity index (χ1n) is 17.7. The predicted octanol–water partition coefficient (Wildman–Crippen LogP) is 4.53. The summed E-state index contributed by atoms with van der Waals surface area (Å²) in [4.78, 5) is 55.0. The number of hydrogen-bond acceptors (Lipinski definition) is 8. The van der Waals surface area contributed by atoms with Crippen LogP contribution < -0.4 is 40.2 Å². The first-order chi connectivity index (χ1) is 25.8. The van der Waals surface area contributed by atoms with E-state index in [1.165, 1.54) is 21.3 Å². The number of carbonyl (C=O) groups is 4. The van der Waals surface area contributed by atoms with Crippen molar-refractivity contribution >= 4 is 23.6 Å². The highest BCUT2D eigenvalue weighted by Gasteiger charge is 2.49. The summed E-state index contributed by atoms with van der Waals surface area (Å²) in [5.41, 5.74) is 0.138. The lowest BCUT2D eigenvalue weighted by atomic mass is 9.81. The van der Waals surface area contributed by atoms with Crippen LogP contribution >= 0.6 is 0 Å². The zero-order valence-electron chi connectivity index (χ0n) is 31.5. The monoisotopic (exact) mass is 736 g/mol. The predicted molar refractivity (Wildman–Crippen MR) is 204 cm³/mol. The van der Waals surface area contributed by atoms with E-state index in [1.807, 2.05) is 81.4 Å². The van der Waals surface area contributed by atoms with Crippen molar-refractivity contribution in [2.75, 3.05) is 27.9 Å². The summed E-state index contributed by atoms with van der Waals surface area (Å²) in [6.07, 6.45) is 0.210. The molecule has 5 rings (SSSR count). The van der Waals surface area contributed by atoms with Gasteiger partial charge in [-0.3, -0.25) is 19.2 Å². The van der Waals surface area contributed by atoms with E-state index >= 15 is 0 Å². The number of nitrogens with one attached hydrogen (secondary N) is 4. The van der Waals surface area contributed by atoms with E-state index in [0.29, 0.717) is 39.9 Å². The topological polar surface area (TPSA) is 153 Å². The van der Waals surface area contributed by atoms with Gasteiger partial charge in [0.1, 0.15) is 29.1 Å². The van der Waals surface area contributed by atoms with Crippen molar-refractivity contribution in [2.24, 2.45) is 5.41 Å². The molecular weight excluding hydrogens is 688 g/mol. The average molecular weight is 737 g/mol. The van der Waals surface area contributed by atoms with Gasteiger partial charge in [-0.2, -0.15) is 0 Å². The summed E-state index contributed by atoms with van der Waals surface area (Å²) < 4.78 is 22.7. The molecule has 0 aromatic heterocycles. The van der Waals surface area contributed by atoms with Crippen LogP contribution in [0.15, 0.2) is 97.1 Å². The van der Waals surface area contributed by atoms with E-state index in [9.17, 15) is 19.2 Å². The molecule has 54 heavy (non-hydrogen) atoms. The molecule has 1 aliphatic rings. The molecule has 0 bridgehead atoms. The largest absolute Gasteiger partial charge is 0.493 e. The molecule has 1 aliphatic heterocycles. The van der Waals surface area contributed by atoms with Crippen LogP contribution in [0.4, 0.5) is 0 Å². The van der Waals surface area contributed by atoms with Gasteiger partial charge in [-0.15, -0.1) is 0 Å². The van der Waals surface area contributed by atoms with Crippen molar-refractivity contribution in [1.82, 2.24) is 21.3 Å². The second-order valence-corrected chi connectivity index (χ2v) is 14.3. The zero-order valence-corrected chi connectivity index (χ0v) is 31.5. The number of rotatable bonds is 16. The van der Waals surface area contributed by atoms with Gasteiger partial charge in [-0.1, -0.05) is 87.5 Å². The van der Waals surface area contributed by atoms with Crippen LogP contribution in [0.25, 0.3) is 0 Å². The highest BCUT2D eigenvalue weighted by Crippen LogP contribution is 2.40. The van der Waals surface area contributed by atoms with Gasteiger partial charge in [0.25, 0.3) is 0 Å². The Morgan fingerprint density at radius 3 is 2.00 bits per heavy atom. The number of amides is 4. The maximum Gasteiger partial charge on any atom is 0.248 e. The van der Waals surface area contributed by atoms with Crippen LogP contribution in [-0.2, 0) is 38.4 Å². The molecule has 0 unspecified atom stereocenters. The third-order valence-electron chi connectivity index (χ3n) is 9.21. The Bertz CT molecular complexity index is 1950. The van der Waals surface area contributed by atoms with Crippen molar-refractivity contribution in [3.8, 4) is 28.7 Å². The van der Waals surface area contributed by atoms with E-state index in [4.69, 9.17) is 18.9 Å². The zero-order chi connectivity index (χ0) is 38.9. The summed E-state index contributed by atoms with van der Waals surface area (Å²) >= 11 is 0. The van der Waals surface area contributed by atoms with Crippen molar-refractivity contribution in [2.45, 2.75) is 57.7 Å². The summed E-state index contributed by atoms with van der Waals surface area (Å²) in [6.45, 7) is 5.69. The van der Waals surface area contributed by atoms with Gasteiger partial charge in [-0.25, -0.2) is 0 Å². The van der Waals surface area contributed by atoms with Gasteiger partial charge in [0.05, 0.1) is 34.3 Å². The van der Waals surface area contributed by atoms with Gasteiger partial charge in [0, 0.05) is 18.4 Å². The summed E-state index contributed by atoms with van der Waals surface area (Å²) in [5.74, 6) is 0.429. The van der Waals surface area contributed by atoms with E-state index in [1.54, 1.807) is 36.4 Å². The van der Waals surface area contributed by atoms with Crippen LogP contribution in [0.2, 0.25) is 0 Å². The molecule has 4 amide bonds. The van der Waals surface area contributed by atoms with Gasteiger partial charge >= 0.3 is 0 Å². The first kappa shape index (κ1) is 39.2. The quantitative estimate of drug-likeness (QED) is 0.123. The minimum Gasteiger partial charge on any atom is -0.493 e. The highest BCUT2D eigenvalue weighted by molar-refractivity contribution is 5.99. The van der Waals surface area contributed by atoms with Crippen LogP contribution in [0, 0.1) is 5.41 Å². The standard InChI is InChI=1S/C42H48N4O8/c1-41(2,3)37(39(49)46-42(26-43-40(42)50)25-27-14-9-7-10-15-27)45-38(48)32(24-29-20-21-33(51-4)36(53-6)35(29)52-5)44-34(47)23-28-16-13-19-31(22-28)54-30-17-11-8-12-18-30/h7-22,32,37H,23-26H2,1-6H3,(H,43,50)(H,44,47)(H,45,48)(H,46,49)/t32-,37-,42-/m0/s1. The molecule has 12 nitrogen and oxygen atoms in total. The fraction of sp³-hybridized carbons (Fsp3) is 0.333. The third kappa shape index (κ3) is 9.49. The summed E-state index contributed by atoms with van der Waals surface area (Å²) in [5, 5.41) is 11.5. The van der Waals surface area contributed by atoms with Crippen molar-refractivity contribution < 1.29 is 38.1 Å². The SMILES string of the molecule is COc1ccc(C[C@H](NC(=O)Cc2cccc(Oc3ccccc3)c2)C(=O)N[C@@H](C(=O)N[C@@]2(Cc3ccccc3)CNC2=O)C(C)(C)C)c(OC)c1OC. The highest BCUT2D eigenvalue weighted by atomic mass is 16.5. The normalized spacial score (nSPS) is 16.1. The van der Waals surface area contributed by atoms with Crippen LogP contribution in [-0.4, -0.2) is 69.1 Å². The number of ether oxygens (including phenoxy) is 4. The number of para-hydroxylation sites is 1. The molecule has 1 fully saturated rings. The molecular formula is C42H48N4O8. The van der Waals surface area contributed by atoms with E-state index < -0.39 is 40.8 Å². The molecule has 1 heterocycles. The molecule has 0 aliphatic carbocycles. The third-order valence-corrected chi connectivity index (χ3v) is 9.21. The Balaban J connectivity index is 1.40. The van der Waals surface area contributed by atoms with Crippen LogP contribution in [0.5, 0.6) is 28.7 Å². The van der Waals surface area contributed by atoms with Gasteiger partial charge in [0.2, 0.25) is 29.4 Å². The van der Waals surface area contributed by atoms with Gasteiger partial charge < -0.3 is 40.2 Å². The second-order valence-electron chi connectivity index (χ2n) is 14.3. The lowest BCUT2D eigenvalue weighted by Crippen LogP contribution is -2.76. The molecule has 284 valence electrons. The lowest BCUT2D eigenvalue weighted by Gasteiger charge is -2.43. The van der Waals surface area contributed by atoms with E-state index in [2.05, 4.69) is 21.3 Å². The number of hydrogen-bond donors (Lipinski definition) is 4. The lowest BCUT2D eigenvalue weighted by molar-refractivity contribution is -0.142. The van der Waals surface area contributed by atoms with Crippen LogP contribution in [0.1, 0.15) is 37.5 Å². The molecule has 12 heteroatoms. The Morgan fingerprint density at radius 1 is 0.759 bits per heavy atom. The van der Waals surface area contributed by atoms with Gasteiger partial charge in [-0.05, 0) is 46.9 Å². The van der Waals surface area contributed by atoms with Crippen molar-refractivity contribution in [1.29, 1.82) is 0 Å². The molecule has 1 saturated heterocycles. The Morgan fingerprint density at radius 2 is 1.41 bits per heavy atom. The van der Waals surface area contributed by atoms with E-state index in [-0.39, 0.29) is 31.7 Å². The average Bonchev–Trinajstić information content (AvgIpc) is 3.15. The first-order valence-corrected chi connectivity index (χ1v) is 17.7. The van der Waals surface area contributed by atoms with E-state index in [0.717, 1.165) is 5.56 Å². The molecule has 4 aromatic carbocycles. The number of methoxy groups -OCH3 is 3. The Kier molecular flexibility index (Phi) is 12.5. The maximum absolute atomic E-state index is 14.3. The minimum absolute atomic E-state index is 0.0168. The Hall–Kier alpha value is -6.04. The fourth-order valence-electron chi connectivity index (χ4n) is 6.36. The molecule has 0 saturated carbocycles. The maximum atomic E-state index is 14.3. The number of β-lactam (4-membered cyclic amide) rings is 1. The van der Waals surface area contributed by atoms with Crippen LogP contribution in [0.3, 0.4) is 0 Å². The number of carbonyl (C=O) groups excluding carboxylic acids is 4.